The van der Waals surface area contributed by atoms with Gasteiger partial charge in [0, 0.05) is 10.2 Å². The number of carbonyl (C=O) groups is 2. The maximum atomic E-state index is 13.0. The van der Waals surface area contributed by atoms with E-state index >= 15 is 0 Å². The molecule has 0 saturated carbocycles. The topological polar surface area (TPSA) is 88.7 Å². The second-order valence-electron chi connectivity index (χ2n) is 8.54. The van der Waals surface area contributed by atoms with E-state index in [1.807, 2.05) is 13.0 Å². The summed E-state index contributed by atoms with van der Waals surface area (Å²) in [7, 11) is 0. The van der Waals surface area contributed by atoms with Gasteiger partial charge in [0.2, 0.25) is 0 Å². The molecule has 7 nitrogen and oxygen atoms in total. The zero-order valence-corrected chi connectivity index (χ0v) is 23.4. The van der Waals surface area contributed by atoms with E-state index in [9.17, 15) is 9.59 Å². The largest absolute Gasteiger partial charge is 0.494 e. The molecule has 0 spiro atoms. The van der Waals surface area contributed by atoms with Gasteiger partial charge in [-0.1, -0.05) is 41.9 Å². The van der Waals surface area contributed by atoms with E-state index in [0.717, 1.165) is 16.6 Å². The third-order valence-corrected chi connectivity index (χ3v) is 5.91. The van der Waals surface area contributed by atoms with Crippen LogP contribution in [0.15, 0.2) is 71.2 Å². The highest BCUT2D eigenvalue weighted by Gasteiger charge is 2.17. The average molecular weight is 585 g/mol. The molecule has 3 N–H and O–H groups in total. The van der Waals surface area contributed by atoms with Gasteiger partial charge in [0.15, 0.2) is 5.11 Å². The zero-order chi connectivity index (χ0) is 26.8. The Morgan fingerprint density at radius 2 is 1.65 bits per heavy atom. The Hall–Kier alpha value is -3.43. The molecule has 0 aromatic heterocycles. The van der Waals surface area contributed by atoms with Crippen molar-refractivity contribution in [3.05, 3.63) is 82.3 Å². The highest BCUT2D eigenvalue weighted by Crippen LogP contribution is 2.24. The number of ether oxygens (including phenoxy) is 2. The number of nitrogens with one attached hydrogen (secondary N) is 3. The van der Waals surface area contributed by atoms with Crippen molar-refractivity contribution in [1.82, 2.24) is 5.32 Å². The predicted molar refractivity (Wildman–Crippen MR) is 155 cm³/mol. The summed E-state index contributed by atoms with van der Waals surface area (Å²) in [5, 5.41) is 8.56. The monoisotopic (exact) mass is 583 g/mol. The lowest BCUT2D eigenvalue weighted by molar-refractivity contribution is 0.0972. The molecule has 0 aliphatic carbocycles. The lowest BCUT2D eigenvalue weighted by atomic mass is 10.1. The number of halogens is 1. The second kappa shape index (κ2) is 13.8. The zero-order valence-electron chi connectivity index (χ0n) is 21.0. The molecule has 3 rings (SSSR count). The molecule has 3 aromatic rings. The van der Waals surface area contributed by atoms with Crippen LogP contribution in [0.5, 0.6) is 11.5 Å². The summed E-state index contributed by atoms with van der Waals surface area (Å²) in [6, 6.07) is 19.3. The number of para-hydroxylation sites is 1. The minimum absolute atomic E-state index is 0.0550. The van der Waals surface area contributed by atoms with E-state index in [4.69, 9.17) is 21.7 Å². The first-order valence-electron chi connectivity index (χ1n) is 11.9. The van der Waals surface area contributed by atoms with Crippen molar-refractivity contribution >= 4 is 56.4 Å². The Labute approximate surface area is 231 Å². The first-order valence-corrected chi connectivity index (χ1v) is 13.1. The lowest BCUT2D eigenvalue weighted by Gasteiger charge is -2.15. The molecular weight excluding hydrogens is 554 g/mol. The Morgan fingerprint density at radius 3 is 2.35 bits per heavy atom. The Balaban J connectivity index is 1.67. The summed E-state index contributed by atoms with van der Waals surface area (Å²) in [6.45, 7) is 7.19. The second-order valence-corrected chi connectivity index (χ2v) is 9.86. The number of thiocarbonyl (C=S) groups is 1. The molecular formula is C28H30BrN3O4S. The van der Waals surface area contributed by atoms with Crippen LogP contribution in [0.3, 0.4) is 0 Å². The quantitative estimate of drug-likeness (QED) is 0.231. The van der Waals surface area contributed by atoms with Crippen molar-refractivity contribution in [2.75, 3.05) is 23.8 Å². The maximum Gasteiger partial charge on any atom is 0.261 e. The molecule has 0 fully saturated rings. The Kier molecular flexibility index (Phi) is 10.5. The highest BCUT2D eigenvalue weighted by atomic mass is 79.9. The normalized spacial score (nSPS) is 10.5. The van der Waals surface area contributed by atoms with Gasteiger partial charge in [0.25, 0.3) is 11.8 Å². The van der Waals surface area contributed by atoms with Crippen molar-refractivity contribution in [3.8, 4) is 11.5 Å². The number of amides is 2. The number of anilines is 2. The molecule has 9 heteroatoms. The molecule has 0 radical (unpaired) electrons. The summed E-state index contributed by atoms with van der Waals surface area (Å²) in [6.07, 6.45) is 0.868. The number of rotatable bonds is 10. The van der Waals surface area contributed by atoms with Gasteiger partial charge in [-0.3, -0.25) is 14.9 Å². The maximum absolute atomic E-state index is 13.0. The van der Waals surface area contributed by atoms with E-state index < -0.39 is 5.91 Å². The number of hydrogen-bond acceptors (Lipinski definition) is 5. The molecule has 0 heterocycles. The number of benzene rings is 3. The van der Waals surface area contributed by atoms with Gasteiger partial charge in [-0.2, -0.15) is 0 Å². The van der Waals surface area contributed by atoms with Crippen LogP contribution in [-0.2, 0) is 0 Å². The fourth-order valence-corrected chi connectivity index (χ4v) is 3.89. The van der Waals surface area contributed by atoms with Gasteiger partial charge in [0.05, 0.1) is 30.0 Å². The van der Waals surface area contributed by atoms with Crippen LogP contribution in [0.25, 0.3) is 0 Å². The Bertz CT molecular complexity index is 1250. The van der Waals surface area contributed by atoms with Gasteiger partial charge in [-0.05, 0) is 86.1 Å². The molecule has 0 bridgehead atoms. The molecule has 0 saturated heterocycles. The standard InChI is InChI=1S/C28H30BrN3O4S/c1-4-35-21-12-10-20(11-13-21)30-26(33)22-7-5-6-8-24(22)31-28(37)32-27(34)23-17-19(29)9-14-25(23)36-16-15-18(2)3/h5-14,17-18H,4,15-16H2,1-3H3,(H,30,33)(H2,31,32,34,37). The third-order valence-electron chi connectivity index (χ3n) is 5.21. The average Bonchev–Trinajstić information content (AvgIpc) is 2.86. The molecule has 3 aromatic carbocycles. The predicted octanol–water partition coefficient (Wildman–Crippen LogP) is 6.65. The molecule has 0 atom stereocenters. The van der Waals surface area contributed by atoms with Crippen molar-refractivity contribution in [2.24, 2.45) is 5.92 Å². The Morgan fingerprint density at radius 1 is 0.919 bits per heavy atom. The summed E-state index contributed by atoms with van der Waals surface area (Å²) < 4.78 is 12.0. The minimum Gasteiger partial charge on any atom is -0.494 e. The summed E-state index contributed by atoms with van der Waals surface area (Å²) >= 11 is 8.79. The van der Waals surface area contributed by atoms with E-state index in [0.29, 0.717) is 47.4 Å². The van der Waals surface area contributed by atoms with Crippen LogP contribution >= 0.6 is 28.1 Å². The fraction of sp³-hybridized carbons (Fsp3) is 0.250. The highest BCUT2D eigenvalue weighted by molar-refractivity contribution is 9.10. The van der Waals surface area contributed by atoms with E-state index in [2.05, 4.69) is 45.7 Å². The van der Waals surface area contributed by atoms with Gasteiger partial charge >= 0.3 is 0 Å². The van der Waals surface area contributed by atoms with Crippen LogP contribution in [-0.4, -0.2) is 30.1 Å². The van der Waals surface area contributed by atoms with Gasteiger partial charge in [-0.15, -0.1) is 0 Å². The van der Waals surface area contributed by atoms with Crippen molar-refractivity contribution in [3.63, 3.8) is 0 Å². The molecule has 194 valence electrons. The fourth-order valence-electron chi connectivity index (χ4n) is 3.32. The third kappa shape index (κ3) is 8.58. The van der Waals surface area contributed by atoms with Gasteiger partial charge in [-0.25, -0.2) is 0 Å². The molecule has 2 amide bonds. The molecule has 37 heavy (non-hydrogen) atoms. The van der Waals surface area contributed by atoms with Crippen molar-refractivity contribution < 1.29 is 19.1 Å². The van der Waals surface area contributed by atoms with Crippen molar-refractivity contribution in [2.45, 2.75) is 27.2 Å². The van der Waals surface area contributed by atoms with Crippen molar-refractivity contribution in [1.29, 1.82) is 0 Å². The van der Waals surface area contributed by atoms with E-state index in [1.54, 1.807) is 60.7 Å². The van der Waals surface area contributed by atoms with Crippen LogP contribution in [0.2, 0.25) is 0 Å². The molecule has 0 unspecified atom stereocenters. The summed E-state index contributed by atoms with van der Waals surface area (Å²) in [4.78, 5) is 26.0. The minimum atomic E-state index is -0.422. The van der Waals surface area contributed by atoms with Crippen LogP contribution in [0.1, 0.15) is 47.9 Å². The van der Waals surface area contributed by atoms with E-state index in [1.165, 1.54) is 0 Å². The summed E-state index contributed by atoms with van der Waals surface area (Å²) in [5.41, 5.74) is 1.80. The summed E-state index contributed by atoms with van der Waals surface area (Å²) in [5.74, 6) is 0.932. The van der Waals surface area contributed by atoms with Gasteiger partial charge < -0.3 is 20.1 Å². The van der Waals surface area contributed by atoms with Crippen LogP contribution < -0.4 is 25.4 Å². The molecule has 0 aliphatic heterocycles. The number of carbonyl (C=O) groups excluding carboxylic acids is 2. The van der Waals surface area contributed by atoms with E-state index in [-0.39, 0.29) is 11.0 Å². The van der Waals surface area contributed by atoms with Crippen LogP contribution in [0, 0.1) is 5.92 Å². The SMILES string of the molecule is CCOc1ccc(NC(=O)c2ccccc2NC(=S)NC(=O)c2cc(Br)ccc2OCCC(C)C)cc1. The number of hydrogen-bond donors (Lipinski definition) is 3. The molecule has 0 aliphatic rings. The van der Waals surface area contributed by atoms with Gasteiger partial charge in [0.1, 0.15) is 11.5 Å². The smallest absolute Gasteiger partial charge is 0.261 e. The first kappa shape index (κ1) is 28.1. The first-order chi connectivity index (χ1) is 17.8. The lowest BCUT2D eigenvalue weighted by Crippen LogP contribution is -2.35. The van der Waals surface area contributed by atoms with Crippen LogP contribution in [0.4, 0.5) is 11.4 Å².